The standard InChI is InChI=1S/C13H14BrClN2O3S/c1-8-5-10(15)12(6-11(8)16)21(18,19)17(2)7-9-3-4-13(14)20-9/h3-6H,7,16H2,1-2H3. The molecule has 0 radical (unpaired) electrons. The van der Waals surface area contributed by atoms with Crippen LogP contribution in [-0.2, 0) is 16.6 Å². The number of nitrogen functional groups attached to an aromatic ring is 1. The summed E-state index contributed by atoms with van der Waals surface area (Å²) >= 11 is 9.22. The molecule has 2 N–H and O–H groups in total. The highest BCUT2D eigenvalue weighted by atomic mass is 79.9. The van der Waals surface area contributed by atoms with Gasteiger partial charge < -0.3 is 10.2 Å². The van der Waals surface area contributed by atoms with E-state index in [0.29, 0.717) is 16.1 Å². The Hall–Kier alpha value is -1.02. The number of halogens is 2. The number of hydrogen-bond donors (Lipinski definition) is 1. The Labute approximate surface area is 136 Å². The van der Waals surface area contributed by atoms with Crippen molar-refractivity contribution in [3.8, 4) is 0 Å². The zero-order valence-corrected chi connectivity index (χ0v) is 14.6. The van der Waals surface area contributed by atoms with E-state index in [1.165, 1.54) is 13.1 Å². The minimum Gasteiger partial charge on any atom is -0.453 e. The third-order valence-electron chi connectivity index (χ3n) is 3.02. The average Bonchev–Trinajstić information content (AvgIpc) is 2.79. The van der Waals surface area contributed by atoms with Crippen LogP contribution in [0.2, 0.25) is 5.02 Å². The summed E-state index contributed by atoms with van der Waals surface area (Å²) in [5.41, 5.74) is 6.89. The summed E-state index contributed by atoms with van der Waals surface area (Å²) in [5, 5.41) is 0.147. The van der Waals surface area contributed by atoms with Gasteiger partial charge in [0.1, 0.15) is 10.7 Å². The number of nitrogens with zero attached hydrogens (tertiary/aromatic N) is 1. The van der Waals surface area contributed by atoms with Crippen LogP contribution in [-0.4, -0.2) is 19.8 Å². The quantitative estimate of drug-likeness (QED) is 0.808. The molecule has 2 rings (SSSR count). The molecule has 0 atom stereocenters. The highest BCUT2D eigenvalue weighted by Gasteiger charge is 2.25. The van der Waals surface area contributed by atoms with Crippen molar-refractivity contribution < 1.29 is 12.8 Å². The van der Waals surface area contributed by atoms with Crippen LogP contribution >= 0.6 is 27.5 Å². The molecule has 0 bridgehead atoms. The van der Waals surface area contributed by atoms with Crippen molar-refractivity contribution in [2.75, 3.05) is 12.8 Å². The summed E-state index contributed by atoms with van der Waals surface area (Å²) in [7, 11) is -2.30. The predicted octanol–water partition coefficient (Wildman–Crippen LogP) is 3.41. The van der Waals surface area contributed by atoms with Crippen molar-refractivity contribution in [1.29, 1.82) is 0 Å². The monoisotopic (exact) mass is 392 g/mol. The second-order valence-corrected chi connectivity index (χ2v) is 7.81. The maximum Gasteiger partial charge on any atom is 0.244 e. The minimum atomic E-state index is -3.75. The van der Waals surface area contributed by atoms with Crippen molar-refractivity contribution in [2.45, 2.75) is 18.4 Å². The normalized spacial score (nSPS) is 12.0. The molecule has 21 heavy (non-hydrogen) atoms. The van der Waals surface area contributed by atoms with Gasteiger partial charge in [-0.3, -0.25) is 0 Å². The summed E-state index contributed by atoms with van der Waals surface area (Å²) in [4.78, 5) is -0.0135. The molecule has 0 saturated carbocycles. The van der Waals surface area contributed by atoms with Gasteiger partial charge in [0.05, 0.1) is 11.6 Å². The van der Waals surface area contributed by atoms with Crippen molar-refractivity contribution in [2.24, 2.45) is 0 Å². The maximum absolute atomic E-state index is 12.6. The average molecular weight is 394 g/mol. The first-order valence-electron chi connectivity index (χ1n) is 5.98. The van der Waals surface area contributed by atoms with Gasteiger partial charge in [-0.05, 0) is 52.7 Å². The van der Waals surface area contributed by atoms with Crippen LogP contribution in [0.1, 0.15) is 11.3 Å². The molecule has 1 aromatic heterocycles. The van der Waals surface area contributed by atoms with E-state index in [1.807, 2.05) is 0 Å². The SMILES string of the molecule is Cc1cc(Cl)c(S(=O)(=O)N(C)Cc2ccc(Br)o2)cc1N. The first-order chi connectivity index (χ1) is 9.71. The molecule has 0 aliphatic heterocycles. The van der Waals surface area contributed by atoms with Crippen LogP contribution in [0.5, 0.6) is 0 Å². The lowest BCUT2D eigenvalue weighted by atomic mass is 10.2. The van der Waals surface area contributed by atoms with Crippen molar-refractivity contribution >= 4 is 43.2 Å². The van der Waals surface area contributed by atoms with Gasteiger partial charge >= 0.3 is 0 Å². The van der Waals surface area contributed by atoms with E-state index >= 15 is 0 Å². The van der Waals surface area contributed by atoms with E-state index in [2.05, 4.69) is 15.9 Å². The number of sulfonamides is 1. The lowest BCUT2D eigenvalue weighted by Gasteiger charge is -2.17. The van der Waals surface area contributed by atoms with Crippen LogP contribution in [0, 0.1) is 6.92 Å². The van der Waals surface area contributed by atoms with Gasteiger partial charge in [0, 0.05) is 12.7 Å². The van der Waals surface area contributed by atoms with Crippen molar-refractivity contribution in [1.82, 2.24) is 4.31 Å². The summed E-state index contributed by atoms with van der Waals surface area (Å²) in [6.45, 7) is 1.86. The fraction of sp³-hybridized carbons (Fsp3) is 0.231. The first kappa shape index (κ1) is 16.4. The second-order valence-electron chi connectivity index (χ2n) is 4.61. The van der Waals surface area contributed by atoms with Gasteiger partial charge in [0.15, 0.2) is 4.67 Å². The van der Waals surface area contributed by atoms with Crippen LogP contribution in [0.3, 0.4) is 0 Å². The maximum atomic E-state index is 12.6. The van der Waals surface area contributed by atoms with Gasteiger partial charge in [-0.1, -0.05) is 11.6 Å². The number of anilines is 1. The largest absolute Gasteiger partial charge is 0.453 e. The van der Waals surface area contributed by atoms with E-state index in [-0.39, 0.29) is 16.5 Å². The molecule has 0 amide bonds. The molecule has 0 spiro atoms. The van der Waals surface area contributed by atoms with E-state index in [0.717, 1.165) is 9.87 Å². The zero-order chi connectivity index (χ0) is 15.8. The fourth-order valence-electron chi connectivity index (χ4n) is 1.78. The smallest absolute Gasteiger partial charge is 0.244 e. The number of hydrogen-bond acceptors (Lipinski definition) is 4. The molecule has 0 unspecified atom stereocenters. The molecule has 1 aromatic carbocycles. The van der Waals surface area contributed by atoms with Gasteiger partial charge in [0.25, 0.3) is 0 Å². The number of furan rings is 1. The summed E-state index contributed by atoms with van der Waals surface area (Å²) < 4.78 is 32.1. The third-order valence-corrected chi connectivity index (χ3v) is 5.71. The third kappa shape index (κ3) is 3.42. The minimum absolute atomic E-state index is 0.0135. The molecular weight excluding hydrogens is 380 g/mol. The molecule has 114 valence electrons. The Morgan fingerprint density at radius 1 is 1.38 bits per heavy atom. The Bertz CT molecular complexity index is 774. The molecule has 0 aliphatic rings. The molecular formula is C13H14BrClN2O3S. The number of nitrogens with two attached hydrogens (primary N) is 1. The van der Waals surface area contributed by atoms with Crippen molar-refractivity contribution in [3.63, 3.8) is 0 Å². The molecule has 0 fully saturated rings. The Morgan fingerprint density at radius 3 is 2.62 bits per heavy atom. The lowest BCUT2D eigenvalue weighted by Crippen LogP contribution is -2.26. The lowest BCUT2D eigenvalue weighted by molar-refractivity contribution is 0.398. The summed E-state index contributed by atoms with van der Waals surface area (Å²) in [6, 6.07) is 6.32. The topological polar surface area (TPSA) is 76.5 Å². The van der Waals surface area contributed by atoms with Crippen molar-refractivity contribution in [3.05, 3.63) is 45.3 Å². The van der Waals surface area contributed by atoms with Gasteiger partial charge in [0.2, 0.25) is 10.0 Å². The second kappa shape index (κ2) is 6.00. The number of aryl methyl sites for hydroxylation is 1. The van der Waals surface area contributed by atoms with Crippen LogP contribution in [0.4, 0.5) is 5.69 Å². The van der Waals surface area contributed by atoms with Crippen LogP contribution < -0.4 is 5.73 Å². The highest BCUT2D eigenvalue weighted by Crippen LogP contribution is 2.29. The van der Waals surface area contributed by atoms with Crippen LogP contribution in [0.15, 0.2) is 38.2 Å². The predicted molar refractivity (Wildman–Crippen MR) is 85.7 cm³/mol. The fourth-order valence-corrected chi connectivity index (χ4v) is 3.84. The molecule has 0 saturated heterocycles. The Kier molecular flexibility index (Phi) is 4.67. The molecule has 1 heterocycles. The van der Waals surface area contributed by atoms with Crippen LogP contribution in [0.25, 0.3) is 0 Å². The van der Waals surface area contributed by atoms with Gasteiger partial charge in [-0.15, -0.1) is 0 Å². The Morgan fingerprint density at radius 2 is 2.05 bits per heavy atom. The molecule has 2 aromatic rings. The number of benzene rings is 1. The van der Waals surface area contributed by atoms with E-state index < -0.39 is 10.0 Å². The molecule has 5 nitrogen and oxygen atoms in total. The van der Waals surface area contributed by atoms with E-state index in [9.17, 15) is 8.42 Å². The summed E-state index contributed by atoms with van der Waals surface area (Å²) in [5.74, 6) is 0.518. The van der Waals surface area contributed by atoms with E-state index in [4.69, 9.17) is 21.8 Å². The summed E-state index contributed by atoms with van der Waals surface area (Å²) in [6.07, 6.45) is 0. The highest BCUT2D eigenvalue weighted by molar-refractivity contribution is 9.10. The van der Waals surface area contributed by atoms with Gasteiger partial charge in [-0.25, -0.2) is 8.42 Å². The molecule has 8 heteroatoms. The van der Waals surface area contributed by atoms with E-state index in [1.54, 1.807) is 25.1 Å². The zero-order valence-electron chi connectivity index (χ0n) is 11.4. The molecule has 0 aliphatic carbocycles. The van der Waals surface area contributed by atoms with Gasteiger partial charge in [-0.2, -0.15) is 4.31 Å². The first-order valence-corrected chi connectivity index (χ1v) is 8.59. The number of rotatable bonds is 4. The Balaban J connectivity index is 2.35.